The Morgan fingerprint density at radius 1 is 0.900 bits per heavy atom. The topological polar surface area (TPSA) is 39.3 Å². The molecule has 0 aromatic carbocycles. The predicted molar refractivity (Wildman–Crippen MR) is 83.9 cm³/mol. The number of nitrogens with zero attached hydrogens (tertiary/aromatic N) is 2. The molecule has 2 aliphatic heterocycles. The SMILES string of the molecule is Cc1c(N2CCCCC2)c[nH]c(=O)c1N1CCCCC1. The van der Waals surface area contributed by atoms with E-state index in [0.29, 0.717) is 0 Å². The van der Waals surface area contributed by atoms with Crippen LogP contribution in [-0.2, 0) is 0 Å². The largest absolute Gasteiger partial charge is 0.370 e. The molecular weight excluding hydrogens is 250 g/mol. The summed E-state index contributed by atoms with van der Waals surface area (Å²) < 4.78 is 0. The van der Waals surface area contributed by atoms with Crippen molar-refractivity contribution in [3.05, 3.63) is 22.1 Å². The molecule has 0 unspecified atom stereocenters. The number of pyridine rings is 1. The first-order valence-electron chi connectivity index (χ1n) is 7.99. The Balaban J connectivity index is 1.94. The van der Waals surface area contributed by atoms with Crippen molar-refractivity contribution in [2.45, 2.75) is 45.4 Å². The zero-order valence-electron chi connectivity index (χ0n) is 12.5. The number of aromatic nitrogens is 1. The monoisotopic (exact) mass is 275 g/mol. The van der Waals surface area contributed by atoms with Crippen LogP contribution in [-0.4, -0.2) is 31.2 Å². The Hall–Kier alpha value is -1.45. The molecule has 3 heterocycles. The van der Waals surface area contributed by atoms with E-state index in [1.807, 2.05) is 6.20 Å². The average molecular weight is 275 g/mol. The standard InChI is InChI=1S/C16H25N3O/c1-13-14(18-8-4-2-5-9-18)12-17-16(20)15(13)19-10-6-3-7-11-19/h12H,2-11H2,1H3,(H,17,20). The van der Waals surface area contributed by atoms with Gasteiger partial charge in [-0.05, 0) is 45.4 Å². The summed E-state index contributed by atoms with van der Waals surface area (Å²) in [4.78, 5) is 19.9. The lowest BCUT2D eigenvalue weighted by Gasteiger charge is -2.33. The number of hydrogen-bond donors (Lipinski definition) is 1. The fraction of sp³-hybridized carbons (Fsp3) is 0.688. The first-order valence-corrected chi connectivity index (χ1v) is 7.99. The van der Waals surface area contributed by atoms with E-state index in [-0.39, 0.29) is 5.56 Å². The van der Waals surface area contributed by atoms with E-state index in [1.165, 1.54) is 44.2 Å². The molecule has 0 aliphatic carbocycles. The van der Waals surface area contributed by atoms with Gasteiger partial charge >= 0.3 is 0 Å². The number of piperidine rings is 2. The third kappa shape index (κ3) is 2.56. The van der Waals surface area contributed by atoms with Gasteiger partial charge < -0.3 is 14.8 Å². The lowest BCUT2D eigenvalue weighted by atomic mass is 10.1. The summed E-state index contributed by atoms with van der Waals surface area (Å²) in [6.45, 7) is 6.39. The molecule has 2 aliphatic rings. The van der Waals surface area contributed by atoms with Crippen LogP contribution >= 0.6 is 0 Å². The molecule has 4 heteroatoms. The second-order valence-corrected chi connectivity index (χ2v) is 6.07. The van der Waals surface area contributed by atoms with Crippen LogP contribution in [0.3, 0.4) is 0 Å². The van der Waals surface area contributed by atoms with E-state index in [2.05, 4.69) is 21.7 Å². The van der Waals surface area contributed by atoms with E-state index in [9.17, 15) is 4.79 Å². The molecule has 0 saturated carbocycles. The first kappa shape index (κ1) is 13.5. The second kappa shape index (κ2) is 5.90. The molecule has 2 saturated heterocycles. The normalized spacial score (nSPS) is 20.2. The molecule has 110 valence electrons. The summed E-state index contributed by atoms with van der Waals surface area (Å²) in [7, 11) is 0. The summed E-state index contributed by atoms with van der Waals surface area (Å²) in [5.74, 6) is 0. The minimum absolute atomic E-state index is 0.0742. The van der Waals surface area contributed by atoms with Crippen LogP contribution in [0.25, 0.3) is 0 Å². The minimum Gasteiger partial charge on any atom is -0.370 e. The lowest BCUT2D eigenvalue weighted by molar-refractivity contribution is 0.569. The summed E-state index contributed by atoms with van der Waals surface area (Å²) in [6.07, 6.45) is 9.46. The fourth-order valence-corrected chi connectivity index (χ4v) is 3.56. The van der Waals surface area contributed by atoms with Gasteiger partial charge in [0.05, 0.1) is 5.69 Å². The highest BCUT2D eigenvalue weighted by molar-refractivity contribution is 5.65. The lowest BCUT2D eigenvalue weighted by Crippen LogP contribution is -2.36. The molecule has 4 nitrogen and oxygen atoms in total. The number of hydrogen-bond acceptors (Lipinski definition) is 3. The van der Waals surface area contributed by atoms with Gasteiger partial charge in [-0.2, -0.15) is 0 Å². The van der Waals surface area contributed by atoms with Gasteiger partial charge in [-0.25, -0.2) is 0 Å². The van der Waals surface area contributed by atoms with E-state index >= 15 is 0 Å². The Morgan fingerprint density at radius 3 is 2.05 bits per heavy atom. The third-order valence-corrected chi connectivity index (χ3v) is 4.66. The molecule has 0 bridgehead atoms. The summed E-state index contributed by atoms with van der Waals surface area (Å²) in [5.41, 5.74) is 3.38. The van der Waals surface area contributed by atoms with Crippen LogP contribution in [0.1, 0.15) is 44.1 Å². The third-order valence-electron chi connectivity index (χ3n) is 4.66. The molecule has 1 aromatic rings. The molecular formula is C16H25N3O. The number of nitrogens with one attached hydrogen (secondary N) is 1. The van der Waals surface area contributed by atoms with Crippen molar-refractivity contribution in [3.8, 4) is 0 Å². The summed E-state index contributed by atoms with van der Waals surface area (Å²) in [6, 6.07) is 0. The van der Waals surface area contributed by atoms with Gasteiger partial charge in [0, 0.05) is 37.9 Å². The van der Waals surface area contributed by atoms with Gasteiger partial charge in [-0.1, -0.05) is 0 Å². The maximum atomic E-state index is 12.3. The summed E-state index contributed by atoms with van der Waals surface area (Å²) >= 11 is 0. The van der Waals surface area contributed by atoms with Gasteiger partial charge in [0.2, 0.25) is 0 Å². The van der Waals surface area contributed by atoms with Crippen LogP contribution in [0.15, 0.2) is 11.0 Å². The van der Waals surface area contributed by atoms with Crippen molar-refractivity contribution in [3.63, 3.8) is 0 Å². The highest BCUT2D eigenvalue weighted by Crippen LogP contribution is 2.29. The maximum absolute atomic E-state index is 12.3. The Labute approximate surface area is 120 Å². The highest BCUT2D eigenvalue weighted by atomic mass is 16.1. The van der Waals surface area contributed by atoms with Crippen LogP contribution < -0.4 is 15.4 Å². The summed E-state index contributed by atoms with van der Waals surface area (Å²) in [5, 5.41) is 0. The van der Waals surface area contributed by atoms with Gasteiger partial charge in [0.15, 0.2) is 0 Å². The van der Waals surface area contributed by atoms with E-state index < -0.39 is 0 Å². The average Bonchev–Trinajstić information content (AvgIpc) is 2.49. The molecule has 3 rings (SSSR count). The molecule has 1 aromatic heterocycles. The molecule has 0 radical (unpaired) electrons. The Kier molecular flexibility index (Phi) is 3.99. The van der Waals surface area contributed by atoms with Crippen LogP contribution in [0.2, 0.25) is 0 Å². The van der Waals surface area contributed by atoms with Crippen LogP contribution in [0.5, 0.6) is 0 Å². The Bertz CT molecular complexity index is 511. The molecule has 2 fully saturated rings. The molecule has 0 spiro atoms. The number of aromatic amines is 1. The molecule has 0 atom stereocenters. The number of H-pyrrole nitrogens is 1. The van der Waals surface area contributed by atoms with Crippen molar-refractivity contribution in [2.75, 3.05) is 36.0 Å². The van der Waals surface area contributed by atoms with Gasteiger partial charge in [0.1, 0.15) is 5.69 Å². The van der Waals surface area contributed by atoms with Crippen molar-refractivity contribution in [1.29, 1.82) is 0 Å². The van der Waals surface area contributed by atoms with Gasteiger partial charge in [0.25, 0.3) is 5.56 Å². The number of anilines is 2. The van der Waals surface area contributed by atoms with Gasteiger partial charge in [-0.15, -0.1) is 0 Å². The van der Waals surface area contributed by atoms with Crippen molar-refractivity contribution in [2.24, 2.45) is 0 Å². The quantitative estimate of drug-likeness (QED) is 0.902. The van der Waals surface area contributed by atoms with Gasteiger partial charge in [-0.3, -0.25) is 4.79 Å². The highest BCUT2D eigenvalue weighted by Gasteiger charge is 2.21. The first-order chi connectivity index (χ1) is 9.77. The van der Waals surface area contributed by atoms with Crippen LogP contribution in [0.4, 0.5) is 11.4 Å². The van der Waals surface area contributed by atoms with Crippen LogP contribution in [0, 0.1) is 6.92 Å². The predicted octanol–water partition coefficient (Wildman–Crippen LogP) is 2.66. The van der Waals surface area contributed by atoms with Crippen molar-refractivity contribution < 1.29 is 0 Å². The van der Waals surface area contributed by atoms with E-state index in [1.54, 1.807) is 0 Å². The van der Waals surface area contributed by atoms with Crippen molar-refractivity contribution in [1.82, 2.24) is 4.98 Å². The molecule has 1 N–H and O–H groups in total. The zero-order chi connectivity index (χ0) is 13.9. The zero-order valence-corrected chi connectivity index (χ0v) is 12.5. The fourth-order valence-electron chi connectivity index (χ4n) is 3.56. The minimum atomic E-state index is 0.0742. The second-order valence-electron chi connectivity index (χ2n) is 6.07. The maximum Gasteiger partial charge on any atom is 0.271 e. The van der Waals surface area contributed by atoms with E-state index in [0.717, 1.165) is 37.4 Å². The van der Waals surface area contributed by atoms with Crippen molar-refractivity contribution >= 4 is 11.4 Å². The smallest absolute Gasteiger partial charge is 0.271 e. The van der Waals surface area contributed by atoms with E-state index in [4.69, 9.17) is 0 Å². The Morgan fingerprint density at radius 2 is 1.45 bits per heavy atom. The number of rotatable bonds is 2. The molecule has 0 amide bonds. The molecule has 20 heavy (non-hydrogen) atoms.